The van der Waals surface area contributed by atoms with Crippen molar-refractivity contribution in [1.29, 1.82) is 0 Å². The summed E-state index contributed by atoms with van der Waals surface area (Å²) in [5.74, 6) is 0.179. The molecule has 1 heterocycles. The van der Waals surface area contributed by atoms with Crippen LogP contribution in [0.3, 0.4) is 0 Å². The summed E-state index contributed by atoms with van der Waals surface area (Å²) in [6.07, 6.45) is 4.04. The van der Waals surface area contributed by atoms with Crippen LogP contribution in [0.4, 0.5) is 5.69 Å². The average molecular weight is 221 g/mol. The number of nitrogens with two attached hydrogens (primary N) is 1. The molecule has 0 aromatic carbocycles. The minimum atomic E-state index is -0.527. The molecule has 1 aliphatic carbocycles. The van der Waals surface area contributed by atoms with Gasteiger partial charge in [0.2, 0.25) is 0 Å². The number of hydrogen-bond donors (Lipinski definition) is 1. The van der Waals surface area contributed by atoms with Crippen LogP contribution < -0.4 is 15.4 Å². The summed E-state index contributed by atoms with van der Waals surface area (Å²) >= 11 is 0. The zero-order chi connectivity index (χ0) is 11.7. The summed E-state index contributed by atoms with van der Waals surface area (Å²) in [4.78, 5) is 16.9. The molecule has 1 amide bonds. The van der Waals surface area contributed by atoms with E-state index in [1.165, 1.54) is 0 Å². The molecule has 2 rings (SSSR count). The molecule has 0 atom stereocenters. The number of nitrogens with zero attached hydrogens (tertiary/aromatic N) is 2. The number of aromatic nitrogens is 1. The monoisotopic (exact) mass is 221 g/mol. The van der Waals surface area contributed by atoms with Crippen molar-refractivity contribution in [3.8, 4) is 5.75 Å². The van der Waals surface area contributed by atoms with Crippen molar-refractivity contribution in [1.82, 2.24) is 4.98 Å². The average Bonchev–Trinajstić information content (AvgIpc) is 3.01. The lowest BCUT2D eigenvalue weighted by Crippen LogP contribution is -2.17. The second-order valence-electron chi connectivity index (χ2n) is 4.11. The maximum absolute atomic E-state index is 11.0. The second-order valence-corrected chi connectivity index (χ2v) is 4.11. The first kappa shape index (κ1) is 10.7. The lowest BCUT2D eigenvalue weighted by atomic mass is 10.2. The van der Waals surface area contributed by atoms with Crippen LogP contribution in [-0.2, 0) is 0 Å². The highest BCUT2D eigenvalue weighted by Gasteiger charge is 2.25. The van der Waals surface area contributed by atoms with Crippen molar-refractivity contribution in [2.75, 3.05) is 19.0 Å². The fraction of sp³-hybridized carbons (Fsp3) is 0.455. The predicted octanol–water partition coefficient (Wildman–Crippen LogP) is 0.788. The van der Waals surface area contributed by atoms with Gasteiger partial charge in [-0.1, -0.05) is 0 Å². The zero-order valence-corrected chi connectivity index (χ0v) is 9.43. The summed E-state index contributed by atoms with van der Waals surface area (Å²) in [7, 11) is 3.78. The molecular weight excluding hydrogens is 206 g/mol. The van der Waals surface area contributed by atoms with Crippen LogP contribution in [0.5, 0.6) is 5.75 Å². The van der Waals surface area contributed by atoms with E-state index in [0.717, 1.165) is 18.5 Å². The van der Waals surface area contributed by atoms with Gasteiger partial charge in [0.25, 0.3) is 5.91 Å². The Balaban J connectivity index is 2.31. The Kier molecular flexibility index (Phi) is 2.68. The van der Waals surface area contributed by atoms with Crippen molar-refractivity contribution >= 4 is 11.6 Å². The lowest BCUT2D eigenvalue weighted by Gasteiger charge is -2.17. The largest absolute Gasteiger partial charge is 0.487 e. The van der Waals surface area contributed by atoms with Crippen LogP contribution >= 0.6 is 0 Å². The SMILES string of the molecule is CN(C)c1cc(C(N)=O)ncc1OC1CC1. The normalized spacial score (nSPS) is 14.6. The second kappa shape index (κ2) is 4.00. The molecule has 1 fully saturated rings. The number of carbonyl (C=O) groups excluding carboxylic acids is 1. The highest BCUT2D eigenvalue weighted by Crippen LogP contribution is 2.33. The van der Waals surface area contributed by atoms with Crippen molar-refractivity contribution in [2.45, 2.75) is 18.9 Å². The van der Waals surface area contributed by atoms with Crippen molar-refractivity contribution in [3.63, 3.8) is 0 Å². The molecule has 0 saturated heterocycles. The molecule has 86 valence electrons. The van der Waals surface area contributed by atoms with E-state index in [2.05, 4.69) is 4.98 Å². The van der Waals surface area contributed by atoms with Gasteiger partial charge in [-0.3, -0.25) is 4.79 Å². The minimum absolute atomic E-state index is 0.256. The van der Waals surface area contributed by atoms with Crippen LogP contribution in [-0.4, -0.2) is 31.1 Å². The Morgan fingerprint density at radius 1 is 1.56 bits per heavy atom. The van der Waals surface area contributed by atoms with Crippen molar-refractivity contribution in [2.24, 2.45) is 5.73 Å². The number of carbonyl (C=O) groups is 1. The molecule has 0 spiro atoms. The Bertz CT molecular complexity index is 414. The van der Waals surface area contributed by atoms with E-state index in [1.54, 1.807) is 12.3 Å². The number of primary amides is 1. The summed E-state index contributed by atoms with van der Waals surface area (Å²) < 4.78 is 5.70. The van der Waals surface area contributed by atoms with Gasteiger partial charge in [-0.05, 0) is 18.9 Å². The maximum Gasteiger partial charge on any atom is 0.267 e. The van der Waals surface area contributed by atoms with Crippen LogP contribution in [0, 0.1) is 0 Å². The van der Waals surface area contributed by atoms with Gasteiger partial charge in [0.1, 0.15) is 5.69 Å². The molecule has 5 nitrogen and oxygen atoms in total. The van der Waals surface area contributed by atoms with Crippen molar-refractivity contribution in [3.05, 3.63) is 18.0 Å². The van der Waals surface area contributed by atoms with Gasteiger partial charge in [-0.15, -0.1) is 0 Å². The van der Waals surface area contributed by atoms with E-state index in [-0.39, 0.29) is 5.69 Å². The first-order valence-corrected chi connectivity index (χ1v) is 5.21. The van der Waals surface area contributed by atoms with E-state index in [1.807, 2.05) is 19.0 Å². The molecule has 0 bridgehead atoms. The topological polar surface area (TPSA) is 68.5 Å². The molecule has 1 saturated carbocycles. The number of anilines is 1. The Morgan fingerprint density at radius 3 is 2.75 bits per heavy atom. The highest BCUT2D eigenvalue weighted by atomic mass is 16.5. The first-order chi connectivity index (χ1) is 7.58. The van der Waals surface area contributed by atoms with Crippen LogP contribution in [0.15, 0.2) is 12.3 Å². The predicted molar refractivity (Wildman–Crippen MR) is 60.7 cm³/mol. The summed E-state index contributed by atoms with van der Waals surface area (Å²) in [5, 5.41) is 0. The molecule has 5 heteroatoms. The molecule has 0 radical (unpaired) electrons. The van der Waals surface area contributed by atoms with E-state index in [0.29, 0.717) is 11.9 Å². The van der Waals surface area contributed by atoms with Gasteiger partial charge in [-0.25, -0.2) is 4.98 Å². The molecule has 0 unspecified atom stereocenters. The molecule has 1 aromatic rings. The summed E-state index contributed by atoms with van der Waals surface area (Å²) in [5.41, 5.74) is 6.27. The summed E-state index contributed by atoms with van der Waals surface area (Å²) in [6, 6.07) is 1.65. The van der Waals surface area contributed by atoms with Gasteiger partial charge in [0.05, 0.1) is 18.0 Å². The Hall–Kier alpha value is -1.78. The number of ether oxygens (including phenoxy) is 1. The van der Waals surface area contributed by atoms with Gasteiger partial charge in [-0.2, -0.15) is 0 Å². The molecule has 16 heavy (non-hydrogen) atoms. The van der Waals surface area contributed by atoms with Gasteiger partial charge >= 0.3 is 0 Å². The summed E-state index contributed by atoms with van der Waals surface area (Å²) in [6.45, 7) is 0. The zero-order valence-electron chi connectivity index (χ0n) is 9.43. The van der Waals surface area contributed by atoms with Crippen LogP contribution in [0.1, 0.15) is 23.3 Å². The quantitative estimate of drug-likeness (QED) is 0.816. The van der Waals surface area contributed by atoms with Crippen LogP contribution in [0.25, 0.3) is 0 Å². The molecular formula is C11H15N3O2. The van der Waals surface area contributed by atoms with Crippen molar-refractivity contribution < 1.29 is 9.53 Å². The number of rotatable bonds is 4. The molecule has 1 aliphatic rings. The fourth-order valence-electron chi connectivity index (χ4n) is 1.37. The number of pyridine rings is 1. The lowest BCUT2D eigenvalue weighted by molar-refractivity contribution is 0.0995. The standard InChI is InChI=1S/C11H15N3O2/c1-14(2)9-5-8(11(12)15)13-6-10(9)16-7-3-4-7/h5-7H,3-4H2,1-2H3,(H2,12,15). The molecule has 1 aromatic heterocycles. The smallest absolute Gasteiger partial charge is 0.267 e. The maximum atomic E-state index is 11.0. The number of amides is 1. The van der Waals surface area contributed by atoms with Crippen LogP contribution in [0.2, 0.25) is 0 Å². The Labute approximate surface area is 94.2 Å². The highest BCUT2D eigenvalue weighted by molar-refractivity contribution is 5.92. The third-order valence-electron chi connectivity index (χ3n) is 2.40. The van der Waals surface area contributed by atoms with Gasteiger partial charge in [0, 0.05) is 14.1 Å². The van der Waals surface area contributed by atoms with E-state index in [9.17, 15) is 4.79 Å². The fourth-order valence-corrected chi connectivity index (χ4v) is 1.37. The molecule has 0 aliphatic heterocycles. The first-order valence-electron chi connectivity index (χ1n) is 5.21. The molecule has 2 N–H and O–H groups in total. The van der Waals surface area contributed by atoms with E-state index < -0.39 is 5.91 Å². The third-order valence-corrected chi connectivity index (χ3v) is 2.40. The van der Waals surface area contributed by atoms with Gasteiger partial charge < -0.3 is 15.4 Å². The Morgan fingerprint density at radius 2 is 2.25 bits per heavy atom. The van der Waals surface area contributed by atoms with Gasteiger partial charge in [0.15, 0.2) is 5.75 Å². The van der Waals surface area contributed by atoms with E-state index >= 15 is 0 Å². The minimum Gasteiger partial charge on any atom is -0.487 e. The third kappa shape index (κ3) is 2.24. The van der Waals surface area contributed by atoms with E-state index in [4.69, 9.17) is 10.5 Å². The number of hydrogen-bond acceptors (Lipinski definition) is 4.